The van der Waals surface area contributed by atoms with Crippen molar-refractivity contribution in [2.45, 2.75) is 23.1 Å². The smallest absolute Gasteiger partial charge is 0.215 e. The predicted octanol–water partition coefficient (Wildman–Crippen LogP) is 0.776. The Hall–Kier alpha value is -1.47. The topological polar surface area (TPSA) is 82.5 Å². The fraction of sp³-hybridized carbons (Fsp3) is 0.333. The van der Waals surface area contributed by atoms with Crippen LogP contribution in [0.25, 0.3) is 0 Å². The molecule has 0 fully saturated rings. The first-order valence-electron chi connectivity index (χ1n) is 4.79. The van der Waals surface area contributed by atoms with Crippen LogP contribution in [0.3, 0.4) is 0 Å². The minimum Gasteiger partial charge on any atom is -0.324 e. The lowest BCUT2D eigenvalue weighted by atomic mass is 10.2. The maximum atomic E-state index is 5.87. The largest absolute Gasteiger partial charge is 0.324 e. The zero-order valence-electron chi connectivity index (χ0n) is 9.03. The molecule has 1 unspecified atom stereocenters. The zero-order valence-corrected chi connectivity index (χ0v) is 9.85. The molecule has 1 atom stereocenters. The van der Waals surface area contributed by atoms with Crippen molar-refractivity contribution in [3.63, 3.8) is 0 Å². The molecule has 0 bridgehead atoms. The fourth-order valence-corrected chi connectivity index (χ4v) is 2.13. The molecule has 6 nitrogen and oxygen atoms in total. The van der Waals surface area contributed by atoms with Gasteiger partial charge in [0.2, 0.25) is 5.16 Å². The lowest BCUT2D eigenvalue weighted by Crippen LogP contribution is -2.07. The van der Waals surface area contributed by atoms with Crippen molar-refractivity contribution < 1.29 is 0 Å². The number of aryl methyl sites for hydroxylation is 1. The first-order valence-corrected chi connectivity index (χ1v) is 5.61. The van der Waals surface area contributed by atoms with Gasteiger partial charge in [0.05, 0.1) is 0 Å². The van der Waals surface area contributed by atoms with E-state index >= 15 is 0 Å². The number of hydrogen-bond donors (Lipinski definition) is 1. The van der Waals surface area contributed by atoms with Crippen molar-refractivity contribution in [1.29, 1.82) is 0 Å². The molecular formula is C9H12N6S. The Bertz CT molecular complexity index is 480. The Morgan fingerprint density at radius 3 is 2.94 bits per heavy atom. The molecule has 2 N–H and O–H groups in total. The second-order valence-corrected chi connectivity index (χ2v) is 4.33. The SMILES string of the molecule is CC(N)c1cccnc1Sc1nnnn1C. The first kappa shape index (κ1) is 11.0. The second-order valence-electron chi connectivity index (χ2n) is 3.37. The quantitative estimate of drug-likeness (QED) is 0.847. The van der Waals surface area contributed by atoms with Crippen LogP contribution in [0.2, 0.25) is 0 Å². The lowest BCUT2D eigenvalue weighted by Gasteiger charge is -2.09. The molecule has 7 heteroatoms. The van der Waals surface area contributed by atoms with Crippen molar-refractivity contribution in [3.8, 4) is 0 Å². The molecular weight excluding hydrogens is 224 g/mol. The van der Waals surface area contributed by atoms with Gasteiger partial charge in [-0.05, 0) is 35.2 Å². The second kappa shape index (κ2) is 4.58. The van der Waals surface area contributed by atoms with E-state index in [4.69, 9.17) is 5.73 Å². The molecule has 2 aromatic rings. The van der Waals surface area contributed by atoms with Crippen molar-refractivity contribution >= 4 is 11.8 Å². The zero-order chi connectivity index (χ0) is 11.5. The summed E-state index contributed by atoms with van der Waals surface area (Å²) in [5, 5.41) is 12.8. The summed E-state index contributed by atoms with van der Waals surface area (Å²) in [6.45, 7) is 1.93. The van der Waals surface area contributed by atoms with Gasteiger partial charge in [-0.1, -0.05) is 6.07 Å². The third-order valence-corrected chi connectivity index (χ3v) is 3.12. The summed E-state index contributed by atoms with van der Waals surface area (Å²) in [5.41, 5.74) is 6.87. The van der Waals surface area contributed by atoms with E-state index in [2.05, 4.69) is 20.5 Å². The number of hydrogen-bond acceptors (Lipinski definition) is 6. The van der Waals surface area contributed by atoms with Gasteiger partial charge >= 0.3 is 0 Å². The molecule has 16 heavy (non-hydrogen) atoms. The first-order chi connectivity index (χ1) is 7.68. The summed E-state index contributed by atoms with van der Waals surface area (Å²) in [7, 11) is 1.79. The van der Waals surface area contributed by atoms with Gasteiger partial charge in [-0.25, -0.2) is 9.67 Å². The van der Waals surface area contributed by atoms with E-state index in [1.807, 2.05) is 19.1 Å². The summed E-state index contributed by atoms with van der Waals surface area (Å²) in [6.07, 6.45) is 1.73. The van der Waals surface area contributed by atoms with Gasteiger partial charge in [0.15, 0.2) is 0 Å². The summed E-state index contributed by atoms with van der Waals surface area (Å²) in [5.74, 6) is 0. The van der Waals surface area contributed by atoms with Gasteiger partial charge in [0.25, 0.3) is 0 Å². The predicted molar refractivity (Wildman–Crippen MR) is 59.8 cm³/mol. The van der Waals surface area contributed by atoms with E-state index in [0.29, 0.717) is 5.16 Å². The van der Waals surface area contributed by atoms with Gasteiger partial charge in [-0.15, -0.1) is 5.10 Å². The number of rotatable bonds is 3. The Balaban J connectivity index is 2.31. The van der Waals surface area contributed by atoms with E-state index in [1.165, 1.54) is 11.8 Å². The molecule has 0 amide bonds. The van der Waals surface area contributed by atoms with Gasteiger partial charge in [-0.3, -0.25) is 0 Å². The van der Waals surface area contributed by atoms with E-state index < -0.39 is 0 Å². The Kier molecular flexibility index (Phi) is 3.16. The van der Waals surface area contributed by atoms with Gasteiger partial charge < -0.3 is 5.73 Å². The minimum atomic E-state index is -0.0580. The van der Waals surface area contributed by atoms with Gasteiger partial charge in [0.1, 0.15) is 5.03 Å². The van der Waals surface area contributed by atoms with E-state index in [0.717, 1.165) is 10.6 Å². The highest BCUT2D eigenvalue weighted by atomic mass is 32.2. The highest BCUT2D eigenvalue weighted by molar-refractivity contribution is 7.99. The van der Waals surface area contributed by atoms with Crippen LogP contribution in [-0.2, 0) is 7.05 Å². The highest BCUT2D eigenvalue weighted by Crippen LogP contribution is 2.28. The molecule has 0 aromatic carbocycles. The van der Waals surface area contributed by atoms with Gasteiger partial charge in [-0.2, -0.15) is 0 Å². The van der Waals surface area contributed by atoms with Crippen molar-refractivity contribution in [2.24, 2.45) is 12.8 Å². The molecule has 0 saturated carbocycles. The minimum absolute atomic E-state index is 0.0580. The van der Waals surface area contributed by atoms with Crippen LogP contribution in [0.15, 0.2) is 28.5 Å². The van der Waals surface area contributed by atoms with Crippen molar-refractivity contribution in [2.75, 3.05) is 0 Å². The fourth-order valence-electron chi connectivity index (χ4n) is 1.23. The average molecular weight is 236 g/mol. The van der Waals surface area contributed by atoms with Gasteiger partial charge in [0, 0.05) is 24.8 Å². The summed E-state index contributed by atoms with van der Waals surface area (Å²) < 4.78 is 1.60. The van der Waals surface area contributed by atoms with Crippen molar-refractivity contribution in [3.05, 3.63) is 23.9 Å². The number of pyridine rings is 1. The average Bonchev–Trinajstić information content (AvgIpc) is 2.65. The molecule has 0 aliphatic heterocycles. The van der Waals surface area contributed by atoms with Crippen LogP contribution in [0.5, 0.6) is 0 Å². The van der Waals surface area contributed by atoms with Crippen LogP contribution < -0.4 is 5.73 Å². The van der Waals surface area contributed by atoms with E-state index in [1.54, 1.807) is 17.9 Å². The molecule has 0 aliphatic rings. The number of nitrogens with two attached hydrogens (primary N) is 1. The molecule has 0 spiro atoms. The van der Waals surface area contributed by atoms with Crippen LogP contribution in [0.1, 0.15) is 18.5 Å². The van der Waals surface area contributed by atoms with E-state index in [9.17, 15) is 0 Å². The van der Waals surface area contributed by atoms with Crippen LogP contribution in [-0.4, -0.2) is 25.2 Å². The summed E-state index contributed by atoms with van der Waals surface area (Å²) in [4.78, 5) is 4.29. The number of nitrogens with zero attached hydrogens (tertiary/aromatic N) is 5. The van der Waals surface area contributed by atoms with Crippen LogP contribution in [0.4, 0.5) is 0 Å². The molecule has 84 valence electrons. The summed E-state index contributed by atoms with van der Waals surface area (Å²) in [6, 6.07) is 3.78. The molecule has 2 heterocycles. The Morgan fingerprint density at radius 2 is 2.31 bits per heavy atom. The molecule has 2 aromatic heterocycles. The van der Waals surface area contributed by atoms with Crippen LogP contribution >= 0.6 is 11.8 Å². The standard InChI is InChI=1S/C9H12N6S/c1-6(10)7-4-3-5-11-8(7)16-9-12-13-14-15(9)2/h3-6H,10H2,1-2H3. The Morgan fingerprint density at radius 1 is 1.50 bits per heavy atom. The number of tetrazole rings is 1. The third-order valence-electron chi connectivity index (χ3n) is 2.06. The number of aromatic nitrogens is 5. The molecule has 2 rings (SSSR count). The molecule has 0 saturated heterocycles. The lowest BCUT2D eigenvalue weighted by molar-refractivity contribution is 0.663. The third kappa shape index (κ3) is 2.20. The normalized spacial score (nSPS) is 12.7. The highest BCUT2D eigenvalue weighted by Gasteiger charge is 2.12. The Labute approximate surface area is 97.2 Å². The molecule has 0 aliphatic carbocycles. The molecule has 0 radical (unpaired) electrons. The maximum absolute atomic E-state index is 5.87. The van der Waals surface area contributed by atoms with Crippen molar-refractivity contribution in [1.82, 2.24) is 25.2 Å². The monoisotopic (exact) mass is 236 g/mol. The maximum Gasteiger partial charge on any atom is 0.215 e. The summed E-state index contributed by atoms with van der Waals surface area (Å²) >= 11 is 1.41. The van der Waals surface area contributed by atoms with E-state index in [-0.39, 0.29) is 6.04 Å². The van der Waals surface area contributed by atoms with Crippen LogP contribution in [0, 0.1) is 0 Å².